The Morgan fingerprint density at radius 1 is 1.53 bits per heavy atom. The summed E-state index contributed by atoms with van der Waals surface area (Å²) >= 11 is 0. The molecule has 1 fully saturated rings. The Morgan fingerprint density at radius 2 is 2.35 bits per heavy atom. The maximum absolute atomic E-state index is 12.8. The zero-order chi connectivity index (χ0) is 12.3. The lowest BCUT2D eigenvalue weighted by Gasteiger charge is -2.10. The molecule has 0 aliphatic carbocycles. The van der Waals surface area contributed by atoms with Crippen molar-refractivity contribution in [2.24, 2.45) is 0 Å². The first kappa shape index (κ1) is 11.4. The van der Waals surface area contributed by atoms with Crippen LogP contribution in [-0.4, -0.2) is 24.6 Å². The minimum atomic E-state index is -0.697. The third kappa shape index (κ3) is 3.17. The minimum Gasteiger partial charge on any atom is -0.444 e. The van der Waals surface area contributed by atoms with E-state index >= 15 is 0 Å². The molecule has 1 aromatic rings. The number of hydrogen-bond acceptors (Lipinski definition) is 3. The third-order valence-electron chi connectivity index (χ3n) is 2.28. The summed E-state index contributed by atoms with van der Waals surface area (Å²) in [4.78, 5) is 22.3. The lowest BCUT2D eigenvalue weighted by Crippen LogP contribution is -2.24. The molecule has 2 N–H and O–H groups in total. The number of carbonyl (C=O) groups is 2. The maximum Gasteiger partial charge on any atom is 0.411 e. The SMILES string of the molecule is O=C1CC(OC(=O)Nc2cccc(F)c2)CN1. The van der Waals surface area contributed by atoms with Gasteiger partial charge in [0.15, 0.2) is 0 Å². The Labute approximate surface area is 97.0 Å². The summed E-state index contributed by atoms with van der Waals surface area (Å²) in [5, 5.41) is 4.93. The van der Waals surface area contributed by atoms with Crippen molar-refractivity contribution in [2.75, 3.05) is 11.9 Å². The summed E-state index contributed by atoms with van der Waals surface area (Å²) in [7, 11) is 0. The van der Waals surface area contributed by atoms with Crippen LogP contribution in [0.5, 0.6) is 0 Å². The Kier molecular flexibility index (Phi) is 3.22. The molecule has 1 atom stereocenters. The highest BCUT2D eigenvalue weighted by molar-refractivity contribution is 5.85. The molecule has 0 bridgehead atoms. The quantitative estimate of drug-likeness (QED) is 0.815. The first-order valence-electron chi connectivity index (χ1n) is 5.13. The van der Waals surface area contributed by atoms with E-state index in [0.717, 1.165) is 0 Å². The monoisotopic (exact) mass is 238 g/mol. The van der Waals surface area contributed by atoms with Crippen molar-refractivity contribution in [2.45, 2.75) is 12.5 Å². The van der Waals surface area contributed by atoms with Crippen molar-refractivity contribution in [3.63, 3.8) is 0 Å². The van der Waals surface area contributed by atoms with Gasteiger partial charge in [-0.1, -0.05) is 6.07 Å². The fourth-order valence-corrected chi connectivity index (χ4v) is 1.53. The number of carbonyl (C=O) groups excluding carboxylic acids is 2. The predicted octanol–water partition coefficient (Wildman–Crippen LogP) is 1.26. The minimum absolute atomic E-state index is 0.145. The van der Waals surface area contributed by atoms with Gasteiger partial charge in [0.25, 0.3) is 0 Å². The highest BCUT2D eigenvalue weighted by atomic mass is 19.1. The Balaban J connectivity index is 1.87. The maximum atomic E-state index is 12.8. The molecule has 2 rings (SSSR count). The molecular formula is C11H11FN2O3. The van der Waals surface area contributed by atoms with Gasteiger partial charge in [-0.25, -0.2) is 9.18 Å². The molecule has 1 heterocycles. The summed E-state index contributed by atoms with van der Waals surface area (Å²) in [5.41, 5.74) is 0.312. The van der Waals surface area contributed by atoms with Crippen molar-refractivity contribution >= 4 is 17.7 Å². The molecule has 2 amide bonds. The third-order valence-corrected chi connectivity index (χ3v) is 2.28. The van der Waals surface area contributed by atoms with Gasteiger partial charge < -0.3 is 10.1 Å². The van der Waals surface area contributed by atoms with Crippen LogP contribution in [0.3, 0.4) is 0 Å². The average molecular weight is 238 g/mol. The second-order valence-corrected chi connectivity index (χ2v) is 3.67. The molecule has 1 aliphatic heterocycles. The Hall–Kier alpha value is -2.11. The standard InChI is InChI=1S/C11H11FN2O3/c12-7-2-1-3-8(4-7)14-11(16)17-9-5-10(15)13-6-9/h1-4,9H,5-6H2,(H,13,15)(H,14,16). The van der Waals surface area contributed by atoms with Crippen LogP contribution in [-0.2, 0) is 9.53 Å². The molecular weight excluding hydrogens is 227 g/mol. The van der Waals surface area contributed by atoms with Crippen molar-refractivity contribution in [1.82, 2.24) is 5.32 Å². The first-order chi connectivity index (χ1) is 8.13. The molecule has 17 heavy (non-hydrogen) atoms. The lowest BCUT2D eigenvalue weighted by molar-refractivity contribution is -0.119. The zero-order valence-electron chi connectivity index (χ0n) is 8.90. The highest BCUT2D eigenvalue weighted by Crippen LogP contribution is 2.11. The van der Waals surface area contributed by atoms with Crippen LogP contribution < -0.4 is 10.6 Å². The van der Waals surface area contributed by atoms with Crippen LogP contribution in [0.1, 0.15) is 6.42 Å². The molecule has 1 aliphatic rings. The van der Waals surface area contributed by atoms with E-state index in [2.05, 4.69) is 10.6 Å². The van der Waals surface area contributed by atoms with Gasteiger partial charge in [0.1, 0.15) is 11.9 Å². The average Bonchev–Trinajstić information content (AvgIpc) is 2.63. The van der Waals surface area contributed by atoms with Gasteiger partial charge in [0.2, 0.25) is 5.91 Å². The van der Waals surface area contributed by atoms with Crippen molar-refractivity contribution < 1.29 is 18.7 Å². The Morgan fingerprint density at radius 3 is 3.00 bits per heavy atom. The molecule has 0 aromatic heterocycles. The molecule has 1 aromatic carbocycles. The number of anilines is 1. The van der Waals surface area contributed by atoms with Gasteiger partial charge in [0, 0.05) is 5.69 Å². The summed E-state index contributed by atoms with van der Waals surface area (Å²) in [6, 6.07) is 5.48. The number of rotatable bonds is 2. The summed E-state index contributed by atoms with van der Waals surface area (Å²) in [6.45, 7) is 0.315. The number of halogens is 1. The van der Waals surface area contributed by atoms with Crippen LogP contribution in [0.2, 0.25) is 0 Å². The fourth-order valence-electron chi connectivity index (χ4n) is 1.53. The smallest absolute Gasteiger partial charge is 0.411 e. The molecule has 0 spiro atoms. The number of nitrogens with one attached hydrogen (secondary N) is 2. The number of amides is 2. The van der Waals surface area contributed by atoms with E-state index in [-0.39, 0.29) is 12.3 Å². The van der Waals surface area contributed by atoms with Crippen LogP contribution in [0, 0.1) is 5.82 Å². The Bertz CT molecular complexity index is 450. The largest absolute Gasteiger partial charge is 0.444 e. The van der Waals surface area contributed by atoms with Gasteiger partial charge in [-0.2, -0.15) is 0 Å². The molecule has 6 heteroatoms. The van der Waals surface area contributed by atoms with E-state index < -0.39 is 18.0 Å². The molecule has 5 nitrogen and oxygen atoms in total. The van der Waals surface area contributed by atoms with Crippen LogP contribution in [0.4, 0.5) is 14.9 Å². The van der Waals surface area contributed by atoms with E-state index in [4.69, 9.17) is 4.74 Å². The molecule has 1 unspecified atom stereocenters. The van der Waals surface area contributed by atoms with Crippen molar-refractivity contribution in [1.29, 1.82) is 0 Å². The van der Waals surface area contributed by atoms with E-state index in [1.54, 1.807) is 6.07 Å². The van der Waals surface area contributed by atoms with Crippen LogP contribution in [0.15, 0.2) is 24.3 Å². The van der Waals surface area contributed by atoms with Gasteiger partial charge in [0.05, 0.1) is 13.0 Å². The molecule has 0 saturated carbocycles. The zero-order valence-corrected chi connectivity index (χ0v) is 8.90. The van der Waals surface area contributed by atoms with Gasteiger partial charge in [-0.3, -0.25) is 10.1 Å². The highest BCUT2D eigenvalue weighted by Gasteiger charge is 2.24. The summed E-state index contributed by atoms with van der Waals surface area (Å²) in [5.74, 6) is -0.589. The normalized spacial score (nSPS) is 18.6. The lowest BCUT2D eigenvalue weighted by atomic mass is 10.3. The first-order valence-corrected chi connectivity index (χ1v) is 5.13. The van der Waals surface area contributed by atoms with Gasteiger partial charge >= 0.3 is 6.09 Å². The summed E-state index contributed by atoms with van der Waals surface area (Å²) < 4.78 is 17.8. The van der Waals surface area contributed by atoms with E-state index in [0.29, 0.717) is 12.2 Å². The number of benzene rings is 1. The molecule has 1 saturated heterocycles. The van der Waals surface area contributed by atoms with Crippen molar-refractivity contribution in [3.8, 4) is 0 Å². The summed E-state index contributed by atoms with van der Waals surface area (Å²) in [6.07, 6.45) is -0.996. The predicted molar refractivity (Wildman–Crippen MR) is 57.9 cm³/mol. The number of hydrogen-bond donors (Lipinski definition) is 2. The fraction of sp³-hybridized carbons (Fsp3) is 0.273. The van der Waals surface area contributed by atoms with E-state index in [1.165, 1.54) is 18.2 Å². The van der Waals surface area contributed by atoms with E-state index in [1.807, 2.05) is 0 Å². The van der Waals surface area contributed by atoms with Gasteiger partial charge in [-0.15, -0.1) is 0 Å². The van der Waals surface area contributed by atoms with Crippen LogP contribution >= 0.6 is 0 Å². The second kappa shape index (κ2) is 4.82. The van der Waals surface area contributed by atoms with Crippen molar-refractivity contribution in [3.05, 3.63) is 30.1 Å². The molecule has 90 valence electrons. The van der Waals surface area contributed by atoms with E-state index in [9.17, 15) is 14.0 Å². The number of ether oxygens (including phenoxy) is 1. The molecule has 0 radical (unpaired) electrons. The van der Waals surface area contributed by atoms with Crippen LogP contribution in [0.25, 0.3) is 0 Å². The topological polar surface area (TPSA) is 67.4 Å². The van der Waals surface area contributed by atoms with Gasteiger partial charge in [-0.05, 0) is 18.2 Å². The second-order valence-electron chi connectivity index (χ2n) is 3.67.